The van der Waals surface area contributed by atoms with E-state index in [1.165, 1.54) is 23.4 Å². The molecule has 0 saturated carbocycles. The van der Waals surface area contributed by atoms with Crippen LogP contribution in [-0.2, 0) is 16.1 Å². The van der Waals surface area contributed by atoms with Crippen LogP contribution in [0.5, 0.6) is 0 Å². The van der Waals surface area contributed by atoms with E-state index < -0.39 is 17.7 Å². The van der Waals surface area contributed by atoms with Gasteiger partial charge in [0.15, 0.2) is 0 Å². The van der Waals surface area contributed by atoms with Crippen LogP contribution < -0.4 is 5.32 Å². The first-order chi connectivity index (χ1) is 13.7. The van der Waals surface area contributed by atoms with Gasteiger partial charge in [-0.05, 0) is 63.9 Å². The van der Waals surface area contributed by atoms with Gasteiger partial charge in [0.2, 0.25) is 5.91 Å². The van der Waals surface area contributed by atoms with Crippen LogP contribution in [-0.4, -0.2) is 45.1 Å². The second-order valence-corrected chi connectivity index (χ2v) is 7.95. The predicted molar refractivity (Wildman–Crippen MR) is 105 cm³/mol. The summed E-state index contributed by atoms with van der Waals surface area (Å²) in [4.78, 5) is 34.9. The van der Waals surface area contributed by atoms with Crippen molar-refractivity contribution in [3.8, 4) is 11.3 Å². The number of aromatic nitrogens is 2. The summed E-state index contributed by atoms with van der Waals surface area (Å²) in [6.45, 7) is 6.08. The lowest BCUT2D eigenvalue weighted by Crippen LogP contribution is -2.47. The Balaban J connectivity index is 1.62. The second-order valence-electron chi connectivity index (χ2n) is 7.95. The molecule has 1 aromatic carbocycles. The number of rotatable bonds is 4. The molecule has 1 aliphatic heterocycles. The molecule has 1 atom stereocenters. The fraction of sp³-hybridized carbons (Fsp3) is 0.429. The van der Waals surface area contributed by atoms with Crippen molar-refractivity contribution >= 4 is 12.0 Å². The molecule has 2 amide bonds. The number of nitrogens with zero attached hydrogens (tertiary/aromatic N) is 3. The first kappa shape index (κ1) is 20.7. The van der Waals surface area contributed by atoms with Crippen molar-refractivity contribution in [3.63, 3.8) is 0 Å². The minimum absolute atomic E-state index is 0.203. The van der Waals surface area contributed by atoms with E-state index in [-0.39, 0.29) is 18.3 Å². The SMILES string of the molecule is CC(C)(C)OC(=O)N1CCCC1C(=O)NCc1cc(-c2ccc(F)cc2)ncn1. The molecular formula is C21H25FN4O3. The highest BCUT2D eigenvalue weighted by Crippen LogP contribution is 2.21. The van der Waals surface area contributed by atoms with Gasteiger partial charge in [-0.2, -0.15) is 0 Å². The Bertz CT molecular complexity index is 880. The third-order valence-electron chi connectivity index (χ3n) is 4.49. The van der Waals surface area contributed by atoms with Crippen LogP contribution >= 0.6 is 0 Å². The fourth-order valence-corrected chi connectivity index (χ4v) is 3.15. The average molecular weight is 400 g/mol. The summed E-state index contributed by atoms with van der Waals surface area (Å²) in [6, 6.07) is 7.19. The fourth-order valence-electron chi connectivity index (χ4n) is 3.15. The lowest BCUT2D eigenvalue weighted by Gasteiger charge is -2.28. The minimum Gasteiger partial charge on any atom is -0.444 e. The van der Waals surface area contributed by atoms with Crippen LogP contribution in [0, 0.1) is 5.82 Å². The third kappa shape index (κ3) is 5.49. The number of benzene rings is 1. The highest BCUT2D eigenvalue weighted by molar-refractivity contribution is 5.86. The van der Waals surface area contributed by atoms with Crippen LogP contribution in [0.3, 0.4) is 0 Å². The van der Waals surface area contributed by atoms with Gasteiger partial charge in [0, 0.05) is 12.1 Å². The Morgan fingerprint density at radius 2 is 1.97 bits per heavy atom. The first-order valence-corrected chi connectivity index (χ1v) is 9.57. The molecule has 1 N–H and O–H groups in total. The Kier molecular flexibility index (Phi) is 6.10. The lowest BCUT2D eigenvalue weighted by atomic mass is 10.1. The zero-order valence-electron chi connectivity index (χ0n) is 16.8. The summed E-state index contributed by atoms with van der Waals surface area (Å²) >= 11 is 0. The van der Waals surface area contributed by atoms with Crippen molar-refractivity contribution in [1.29, 1.82) is 0 Å². The van der Waals surface area contributed by atoms with Crippen LogP contribution in [0.15, 0.2) is 36.7 Å². The summed E-state index contributed by atoms with van der Waals surface area (Å²) in [5.74, 6) is -0.559. The van der Waals surface area contributed by atoms with E-state index in [2.05, 4.69) is 15.3 Å². The van der Waals surface area contributed by atoms with Crippen molar-refractivity contribution < 1.29 is 18.7 Å². The number of amides is 2. The number of carbonyl (C=O) groups excluding carboxylic acids is 2. The smallest absolute Gasteiger partial charge is 0.410 e. The van der Waals surface area contributed by atoms with E-state index in [4.69, 9.17) is 4.74 Å². The topological polar surface area (TPSA) is 84.4 Å². The van der Waals surface area contributed by atoms with E-state index in [9.17, 15) is 14.0 Å². The number of nitrogens with one attached hydrogen (secondary N) is 1. The van der Waals surface area contributed by atoms with Crippen molar-refractivity contribution in [2.24, 2.45) is 0 Å². The molecular weight excluding hydrogens is 375 g/mol. The van der Waals surface area contributed by atoms with Gasteiger partial charge in [-0.3, -0.25) is 9.69 Å². The van der Waals surface area contributed by atoms with Gasteiger partial charge in [-0.25, -0.2) is 19.2 Å². The minimum atomic E-state index is -0.613. The molecule has 0 aliphatic carbocycles. The largest absolute Gasteiger partial charge is 0.444 e. The zero-order valence-corrected chi connectivity index (χ0v) is 16.8. The number of ether oxygens (including phenoxy) is 1. The lowest BCUT2D eigenvalue weighted by molar-refractivity contribution is -0.125. The number of hydrogen-bond donors (Lipinski definition) is 1. The zero-order chi connectivity index (χ0) is 21.0. The van der Waals surface area contributed by atoms with Gasteiger partial charge in [0.1, 0.15) is 23.8 Å². The molecule has 154 valence electrons. The molecule has 0 radical (unpaired) electrons. The standard InChI is InChI=1S/C21H25FN4O3/c1-21(2,3)29-20(28)26-10-4-5-18(26)19(27)23-12-16-11-17(25-13-24-16)14-6-8-15(22)9-7-14/h6-9,11,13,18H,4-5,10,12H2,1-3H3,(H,23,27). The van der Waals surface area contributed by atoms with Crippen LogP contribution in [0.4, 0.5) is 9.18 Å². The van der Waals surface area contributed by atoms with E-state index >= 15 is 0 Å². The van der Waals surface area contributed by atoms with Gasteiger partial charge >= 0.3 is 6.09 Å². The maximum atomic E-state index is 13.1. The number of likely N-dealkylation sites (tertiary alicyclic amines) is 1. The maximum Gasteiger partial charge on any atom is 0.410 e. The molecule has 3 rings (SSSR count). The Morgan fingerprint density at radius 1 is 1.24 bits per heavy atom. The summed E-state index contributed by atoms with van der Waals surface area (Å²) in [6.07, 6.45) is 2.27. The summed E-state index contributed by atoms with van der Waals surface area (Å²) < 4.78 is 18.5. The van der Waals surface area contributed by atoms with Gasteiger partial charge in [0.05, 0.1) is 17.9 Å². The molecule has 8 heteroatoms. The molecule has 2 aromatic rings. The second kappa shape index (κ2) is 8.55. The van der Waals surface area contributed by atoms with E-state index in [1.54, 1.807) is 39.0 Å². The predicted octanol–water partition coefficient (Wildman–Crippen LogP) is 3.30. The summed E-state index contributed by atoms with van der Waals surface area (Å²) in [5.41, 5.74) is 1.40. The molecule has 1 unspecified atom stereocenters. The number of halogens is 1. The molecule has 1 saturated heterocycles. The van der Waals surface area contributed by atoms with Crippen molar-refractivity contribution in [2.75, 3.05) is 6.54 Å². The van der Waals surface area contributed by atoms with Crippen molar-refractivity contribution in [3.05, 3.63) is 48.2 Å². The van der Waals surface area contributed by atoms with Crippen LogP contribution in [0.2, 0.25) is 0 Å². The average Bonchev–Trinajstić information content (AvgIpc) is 3.16. The van der Waals surface area contributed by atoms with Crippen LogP contribution in [0.25, 0.3) is 11.3 Å². The van der Waals surface area contributed by atoms with Gasteiger partial charge < -0.3 is 10.1 Å². The Labute approximate surface area is 169 Å². The summed E-state index contributed by atoms with van der Waals surface area (Å²) in [5, 5.41) is 2.84. The summed E-state index contributed by atoms with van der Waals surface area (Å²) in [7, 11) is 0. The molecule has 2 heterocycles. The Morgan fingerprint density at radius 3 is 2.66 bits per heavy atom. The number of carbonyl (C=O) groups is 2. The molecule has 29 heavy (non-hydrogen) atoms. The van der Waals surface area contributed by atoms with Crippen LogP contribution in [0.1, 0.15) is 39.3 Å². The molecule has 0 spiro atoms. The Hall–Kier alpha value is -3.03. The van der Waals surface area contributed by atoms with E-state index in [0.717, 1.165) is 12.0 Å². The van der Waals surface area contributed by atoms with E-state index in [0.29, 0.717) is 24.4 Å². The monoisotopic (exact) mass is 400 g/mol. The number of hydrogen-bond acceptors (Lipinski definition) is 5. The van der Waals surface area contributed by atoms with E-state index in [1.807, 2.05) is 0 Å². The van der Waals surface area contributed by atoms with Gasteiger partial charge in [-0.1, -0.05) is 0 Å². The highest BCUT2D eigenvalue weighted by atomic mass is 19.1. The quantitative estimate of drug-likeness (QED) is 0.851. The highest BCUT2D eigenvalue weighted by Gasteiger charge is 2.36. The molecule has 0 bridgehead atoms. The normalized spacial score (nSPS) is 16.6. The first-order valence-electron chi connectivity index (χ1n) is 9.57. The van der Waals surface area contributed by atoms with Crippen molar-refractivity contribution in [2.45, 2.75) is 51.8 Å². The van der Waals surface area contributed by atoms with Crippen molar-refractivity contribution in [1.82, 2.24) is 20.2 Å². The molecule has 1 aliphatic rings. The molecule has 1 fully saturated rings. The maximum absolute atomic E-state index is 13.1. The molecule has 7 nitrogen and oxygen atoms in total. The third-order valence-corrected chi connectivity index (χ3v) is 4.49. The van der Waals surface area contributed by atoms with Gasteiger partial charge in [0.25, 0.3) is 0 Å². The van der Waals surface area contributed by atoms with Gasteiger partial charge in [-0.15, -0.1) is 0 Å². The molecule has 1 aromatic heterocycles.